The number of anilines is 1. The molecule has 0 bridgehead atoms. The Morgan fingerprint density at radius 1 is 1.35 bits per heavy atom. The number of carbonyl (C=O) groups excluding carboxylic acids is 1. The minimum absolute atomic E-state index is 0.198. The first kappa shape index (κ1) is 16.4. The van der Waals surface area contributed by atoms with Crippen molar-refractivity contribution in [2.24, 2.45) is 5.16 Å². The van der Waals surface area contributed by atoms with Crippen molar-refractivity contribution < 1.29 is 9.63 Å². The van der Waals surface area contributed by atoms with Crippen molar-refractivity contribution in [3.05, 3.63) is 48.0 Å². The molecule has 1 amide bonds. The van der Waals surface area contributed by atoms with Crippen molar-refractivity contribution >= 4 is 17.6 Å². The average Bonchev–Trinajstić information content (AvgIpc) is 3.29. The summed E-state index contributed by atoms with van der Waals surface area (Å²) >= 11 is 0. The maximum absolute atomic E-state index is 12.4. The highest BCUT2D eigenvalue weighted by Gasteiger charge is 2.47. The van der Waals surface area contributed by atoms with E-state index in [0.29, 0.717) is 31.2 Å². The van der Waals surface area contributed by atoms with E-state index >= 15 is 0 Å². The molecule has 1 fully saturated rings. The van der Waals surface area contributed by atoms with E-state index in [1.165, 1.54) is 0 Å². The summed E-state index contributed by atoms with van der Waals surface area (Å²) in [6, 6.07) is 3.76. The first-order valence-corrected chi connectivity index (χ1v) is 8.59. The second-order valence-corrected chi connectivity index (χ2v) is 6.76. The van der Waals surface area contributed by atoms with Gasteiger partial charge in [0.2, 0.25) is 5.95 Å². The first-order valence-electron chi connectivity index (χ1n) is 8.59. The van der Waals surface area contributed by atoms with Crippen LogP contribution < -0.4 is 10.2 Å². The molecule has 1 spiro atoms. The van der Waals surface area contributed by atoms with Crippen LogP contribution in [0.15, 0.2) is 42.1 Å². The normalized spacial score (nSPS) is 21.6. The van der Waals surface area contributed by atoms with Crippen LogP contribution in [0.4, 0.5) is 5.95 Å². The lowest BCUT2D eigenvalue weighted by Crippen LogP contribution is -2.37. The molecule has 2 aromatic heterocycles. The average molecular weight is 352 g/mol. The number of carbonyl (C=O) groups is 1. The largest absolute Gasteiger partial charge is 0.386 e. The van der Waals surface area contributed by atoms with Crippen LogP contribution in [0.5, 0.6) is 0 Å². The highest BCUT2D eigenvalue weighted by atomic mass is 16.7. The van der Waals surface area contributed by atoms with Crippen LogP contribution in [0.3, 0.4) is 0 Å². The van der Waals surface area contributed by atoms with Crippen molar-refractivity contribution in [1.82, 2.24) is 20.3 Å². The Bertz CT molecular complexity index is 823. The third kappa shape index (κ3) is 3.35. The monoisotopic (exact) mass is 352 g/mol. The van der Waals surface area contributed by atoms with E-state index < -0.39 is 5.60 Å². The molecule has 0 aliphatic carbocycles. The van der Waals surface area contributed by atoms with Gasteiger partial charge in [0.25, 0.3) is 5.91 Å². The molecular weight excluding hydrogens is 332 g/mol. The molecule has 0 saturated carbocycles. The fourth-order valence-electron chi connectivity index (χ4n) is 3.21. The molecule has 8 heteroatoms. The van der Waals surface area contributed by atoms with Gasteiger partial charge in [-0.1, -0.05) is 11.2 Å². The van der Waals surface area contributed by atoms with Gasteiger partial charge in [-0.25, -0.2) is 9.97 Å². The molecule has 0 aromatic carbocycles. The van der Waals surface area contributed by atoms with Crippen LogP contribution in [-0.4, -0.2) is 45.3 Å². The highest BCUT2D eigenvalue weighted by molar-refractivity contribution is 6.39. The Balaban J connectivity index is 1.34. The zero-order valence-corrected chi connectivity index (χ0v) is 14.6. The molecule has 1 N–H and O–H groups in total. The van der Waals surface area contributed by atoms with Gasteiger partial charge in [-0.3, -0.25) is 9.78 Å². The third-order valence-electron chi connectivity index (χ3n) is 4.64. The van der Waals surface area contributed by atoms with Crippen LogP contribution in [0, 0.1) is 6.92 Å². The minimum Gasteiger partial charge on any atom is -0.386 e. The Hall–Kier alpha value is -3.03. The number of amides is 1. The number of aromatic nitrogens is 3. The Morgan fingerprint density at radius 3 is 2.96 bits per heavy atom. The minimum atomic E-state index is -0.463. The number of pyridine rings is 1. The molecule has 4 heterocycles. The van der Waals surface area contributed by atoms with Gasteiger partial charge in [0.05, 0.1) is 6.54 Å². The number of nitrogens with one attached hydrogen (secondary N) is 1. The van der Waals surface area contributed by atoms with Crippen molar-refractivity contribution in [1.29, 1.82) is 0 Å². The van der Waals surface area contributed by atoms with E-state index in [9.17, 15) is 4.79 Å². The van der Waals surface area contributed by atoms with Crippen LogP contribution in [0.2, 0.25) is 0 Å². The highest BCUT2D eigenvalue weighted by Crippen LogP contribution is 2.35. The van der Waals surface area contributed by atoms with Crippen LogP contribution in [-0.2, 0) is 16.2 Å². The van der Waals surface area contributed by atoms with Crippen molar-refractivity contribution in [2.45, 2.75) is 31.9 Å². The lowest BCUT2D eigenvalue weighted by Gasteiger charge is -2.21. The summed E-state index contributed by atoms with van der Waals surface area (Å²) in [7, 11) is 0. The van der Waals surface area contributed by atoms with Crippen LogP contribution in [0.1, 0.15) is 24.0 Å². The molecule has 4 rings (SSSR count). The second-order valence-electron chi connectivity index (χ2n) is 6.76. The number of aryl methyl sites for hydroxylation is 1. The van der Waals surface area contributed by atoms with E-state index in [1.54, 1.807) is 24.8 Å². The first-order chi connectivity index (χ1) is 12.6. The topological polar surface area (TPSA) is 92.6 Å². The predicted molar refractivity (Wildman–Crippen MR) is 95.6 cm³/mol. The molecule has 8 nitrogen and oxygen atoms in total. The Labute approximate surface area is 151 Å². The summed E-state index contributed by atoms with van der Waals surface area (Å²) in [6.45, 7) is 3.78. The van der Waals surface area contributed by atoms with E-state index in [0.717, 1.165) is 24.1 Å². The van der Waals surface area contributed by atoms with Gasteiger partial charge >= 0.3 is 0 Å². The summed E-state index contributed by atoms with van der Waals surface area (Å²) in [5, 5.41) is 6.92. The molecule has 134 valence electrons. The lowest BCUT2D eigenvalue weighted by atomic mass is 9.96. The molecular formula is C18H20N6O2. The molecule has 0 radical (unpaired) electrons. The summed E-state index contributed by atoms with van der Waals surface area (Å²) < 4.78 is 0. The van der Waals surface area contributed by atoms with E-state index in [1.807, 2.05) is 19.1 Å². The van der Waals surface area contributed by atoms with Crippen molar-refractivity contribution in [2.75, 3.05) is 18.0 Å². The number of hydrogen-bond donors (Lipinski definition) is 1. The number of nitrogens with zero attached hydrogens (tertiary/aromatic N) is 5. The van der Waals surface area contributed by atoms with E-state index in [2.05, 4.69) is 30.3 Å². The predicted octanol–water partition coefficient (Wildman–Crippen LogP) is 1.22. The second kappa shape index (κ2) is 6.70. The molecule has 1 saturated heterocycles. The zero-order valence-electron chi connectivity index (χ0n) is 14.6. The third-order valence-corrected chi connectivity index (χ3v) is 4.64. The SMILES string of the molecule is Cc1cnc(N2CCC3(CC(C(=O)NCc4cccnc4)=NO3)C2)nc1. The molecule has 2 aliphatic heterocycles. The van der Waals surface area contributed by atoms with Crippen LogP contribution in [0.25, 0.3) is 0 Å². The van der Waals surface area contributed by atoms with Gasteiger partial charge in [-0.15, -0.1) is 0 Å². The Morgan fingerprint density at radius 2 is 2.19 bits per heavy atom. The summed E-state index contributed by atoms with van der Waals surface area (Å²) in [4.78, 5) is 32.9. The maximum Gasteiger partial charge on any atom is 0.269 e. The van der Waals surface area contributed by atoms with Gasteiger partial charge in [0.15, 0.2) is 5.60 Å². The Kier molecular flexibility index (Phi) is 4.24. The van der Waals surface area contributed by atoms with Gasteiger partial charge in [-0.2, -0.15) is 0 Å². The van der Waals surface area contributed by atoms with Gasteiger partial charge in [0.1, 0.15) is 5.71 Å². The lowest BCUT2D eigenvalue weighted by molar-refractivity contribution is -0.115. The maximum atomic E-state index is 12.4. The molecule has 1 unspecified atom stereocenters. The molecule has 2 aromatic rings. The number of rotatable bonds is 4. The quantitative estimate of drug-likeness (QED) is 0.889. The van der Waals surface area contributed by atoms with Crippen LogP contribution >= 0.6 is 0 Å². The molecule has 2 aliphatic rings. The van der Waals surface area contributed by atoms with Crippen molar-refractivity contribution in [3.8, 4) is 0 Å². The van der Waals surface area contributed by atoms with Gasteiger partial charge < -0.3 is 15.1 Å². The van der Waals surface area contributed by atoms with E-state index in [-0.39, 0.29) is 5.91 Å². The fourth-order valence-corrected chi connectivity index (χ4v) is 3.21. The standard InChI is InChI=1S/C18H20N6O2/c1-13-8-21-17(22-9-13)24-6-4-18(12-24)7-15(23-26-18)16(25)20-11-14-3-2-5-19-10-14/h2-3,5,8-10H,4,6-7,11-12H2,1H3,(H,20,25). The number of oxime groups is 1. The van der Waals surface area contributed by atoms with E-state index in [4.69, 9.17) is 4.84 Å². The molecule has 1 atom stereocenters. The summed E-state index contributed by atoms with van der Waals surface area (Å²) in [5.74, 6) is 0.487. The summed E-state index contributed by atoms with van der Waals surface area (Å²) in [6.07, 6.45) is 8.31. The zero-order chi connectivity index (χ0) is 18.0. The molecule has 26 heavy (non-hydrogen) atoms. The smallest absolute Gasteiger partial charge is 0.269 e. The number of hydrogen-bond acceptors (Lipinski definition) is 7. The van der Waals surface area contributed by atoms with Gasteiger partial charge in [0, 0.05) is 50.7 Å². The van der Waals surface area contributed by atoms with Crippen molar-refractivity contribution in [3.63, 3.8) is 0 Å². The van der Waals surface area contributed by atoms with Gasteiger partial charge in [-0.05, 0) is 24.1 Å². The summed E-state index contributed by atoms with van der Waals surface area (Å²) in [5.41, 5.74) is 1.93. The fraction of sp³-hybridized carbons (Fsp3) is 0.389.